The molecule has 1 unspecified atom stereocenters. The van der Waals surface area contributed by atoms with Crippen LogP contribution in [-0.2, 0) is 19.9 Å². The largest absolute Gasteiger partial charge is 0.479 e. The molecule has 6 nitrogen and oxygen atoms in total. The molecule has 0 saturated heterocycles. The summed E-state index contributed by atoms with van der Waals surface area (Å²) in [6.45, 7) is 6.56. The number of hydrogen-bond acceptors (Lipinski definition) is 3. The Morgan fingerprint density at radius 2 is 1.62 bits per heavy atom. The number of nitrogens with zero attached hydrogens (tertiary/aromatic N) is 1. The number of carboxylic acid groups (broad SMARTS) is 1. The summed E-state index contributed by atoms with van der Waals surface area (Å²) in [7, 11) is 0. The number of carbonyl (C=O) groups excluding carboxylic acids is 2. The molecule has 0 aromatic heterocycles. The third-order valence-electron chi connectivity index (χ3n) is 4.14. The number of carbonyl (C=O) groups is 3. The molecule has 0 saturated carbocycles. The standard InChI is InChI=1S/C19H27FN2O4/c1-4-12-22(13-5-2)17(24)11-10-16(23)21-19(3,18(25)26)14-6-8-15(20)9-7-14/h6-9H,4-5,10-13H2,1-3H3,(H,21,23)(H,25,26). The van der Waals surface area contributed by atoms with Gasteiger partial charge in [-0.1, -0.05) is 26.0 Å². The van der Waals surface area contributed by atoms with Crippen LogP contribution in [0.25, 0.3) is 0 Å². The highest BCUT2D eigenvalue weighted by molar-refractivity contribution is 5.89. The first-order chi connectivity index (χ1) is 12.2. The summed E-state index contributed by atoms with van der Waals surface area (Å²) in [6.07, 6.45) is 1.58. The number of benzene rings is 1. The van der Waals surface area contributed by atoms with Crippen molar-refractivity contribution in [3.8, 4) is 0 Å². The van der Waals surface area contributed by atoms with Gasteiger partial charge in [0.05, 0.1) is 0 Å². The van der Waals surface area contributed by atoms with E-state index in [2.05, 4.69) is 5.32 Å². The second-order valence-corrected chi connectivity index (χ2v) is 6.37. The second kappa shape index (κ2) is 9.89. The summed E-state index contributed by atoms with van der Waals surface area (Å²) >= 11 is 0. The van der Waals surface area contributed by atoms with Crippen LogP contribution in [0, 0.1) is 5.82 Å². The molecule has 7 heteroatoms. The van der Waals surface area contributed by atoms with Crippen molar-refractivity contribution in [3.63, 3.8) is 0 Å². The van der Waals surface area contributed by atoms with Crippen molar-refractivity contribution in [1.29, 1.82) is 0 Å². The summed E-state index contributed by atoms with van der Waals surface area (Å²) in [6, 6.07) is 4.91. The first-order valence-electron chi connectivity index (χ1n) is 8.82. The predicted molar refractivity (Wildman–Crippen MR) is 95.9 cm³/mol. The SMILES string of the molecule is CCCN(CCC)C(=O)CCC(=O)NC(C)(C(=O)O)c1ccc(F)cc1. The van der Waals surface area contributed by atoms with Crippen molar-refractivity contribution in [1.82, 2.24) is 10.2 Å². The molecule has 26 heavy (non-hydrogen) atoms. The molecule has 2 amide bonds. The fraction of sp³-hybridized carbons (Fsp3) is 0.526. The van der Waals surface area contributed by atoms with E-state index in [4.69, 9.17) is 0 Å². The van der Waals surface area contributed by atoms with E-state index in [9.17, 15) is 23.9 Å². The Balaban J connectivity index is 2.75. The number of carboxylic acids is 1. The van der Waals surface area contributed by atoms with Gasteiger partial charge in [0.25, 0.3) is 0 Å². The van der Waals surface area contributed by atoms with Crippen LogP contribution >= 0.6 is 0 Å². The van der Waals surface area contributed by atoms with E-state index in [1.807, 2.05) is 13.8 Å². The van der Waals surface area contributed by atoms with Crippen LogP contribution in [0.5, 0.6) is 0 Å². The fourth-order valence-corrected chi connectivity index (χ4v) is 2.65. The highest BCUT2D eigenvalue weighted by Gasteiger charge is 2.36. The van der Waals surface area contributed by atoms with Crippen molar-refractivity contribution in [3.05, 3.63) is 35.6 Å². The topological polar surface area (TPSA) is 86.7 Å². The fourth-order valence-electron chi connectivity index (χ4n) is 2.65. The van der Waals surface area contributed by atoms with Crippen LogP contribution in [0.3, 0.4) is 0 Å². The first-order valence-corrected chi connectivity index (χ1v) is 8.82. The number of rotatable bonds is 10. The molecular weight excluding hydrogens is 339 g/mol. The molecule has 0 spiro atoms. The number of hydrogen-bond donors (Lipinski definition) is 2. The lowest BCUT2D eigenvalue weighted by atomic mass is 9.91. The quantitative estimate of drug-likeness (QED) is 0.666. The smallest absolute Gasteiger partial charge is 0.333 e. The molecule has 1 aromatic carbocycles. The lowest BCUT2D eigenvalue weighted by Gasteiger charge is -2.27. The van der Waals surface area contributed by atoms with Gasteiger partial charge < -0.3 is 15.3 Å². The Kier molecular flexibility index (Phi) is 8.22. The molecule has 1 aromatic rings. The molecule has 0 heterocycles. The molecule has 2 N–H and O–H groups in total. The number of amides is 2. The first kappa shape index (κ1) is 21.6. The molecule has 1 atom stereocenters. The lowest BCUT2D eigenvalue weighted by Crippen LogP contribution is -2.49. The van der Waals surface area contributed by atoms with Crippen molar-refractivity contribution in [2.24, 2.45) is 0 Å². The van der Waals surface area contributed by atoms with E-state index < -0.39 is 23.2 Å². The predicted octanol–water partition coefficient (Wildman–Crippen LogP) is 2.67. The third-order valence-corrected chi connectivity index (χ3v) is 4.14. The van der Waals surface area contributed by atoms with Gasteiger partial charge in [-0.15, -0.1) is 0 Å². The number of nitrogens with one attached hydrogen (secondary N) is 1. The Bertz CT molecular complexity index is 627. The Morgan fingerprint density at radius 3 is 2.08 bits per heavy atom. The summed E-state index contributed by atoms with van der Waals surface area (Å²) in [5.41, 5.74) is -1.44. The van der Waals surface area contributed by atoms with Crippen molar-refractivity contribution < 1.29 is 23.9 Å². The van der Waals surface area contributed by atoms with Gasteiger partial charge in [0.2, 0.25) is 11.8 Å². The van der Waals surface area contributed by atoms with Crippen LogP contribution in [0.2, 0.25) is 0 Å². The zero-order valence-electron chi connectivity index (χ0n) is 15.5. The van der Waals surface area contributed by atoms with Crippen molar-refractivity contribution in [2.45, 2.75) is 52.0 Å². The van der Waals surface area contributed by atoms with Gasteiger partial charge in [-0.3, -0.25) is 9.59 Å². The molecule has 0 aliphatic rings. The lowest BCUT2D eigenvalue weighted by molar-refractivity contribution is -0.147. The summed E-state index contributed by atoms with van der Waals surface area (Å²) in [4.78, 5) is 37.8. The van der Waals surface area contributed by atoms with E-state index in [-0.39, 0.29) is 24.3 Å². The highest BCUT2D eigenvalue weighted by atomic mass is 19.1. The molecule has 144 valence electrons. The number of aliphatic carboxylic acids is 1. The van der Waals surface area contributed by atoms with Crippen LogP contribution in [0.15, 0.2) is 24.3 Å². The number of halogens is 1. The molecule has 0 fully saturated rings. The molecular formula is C19H27FN2O4. The summed E-state index contributed by atoms with van der Waals surface area (Å²) < 4.78 is 13.1. The van der Waals surface area contributed by atoms with Gasteiger partial charge in [-0.2, -0.15) is 0 Å². The van der Waals surface area contributed by atoms with E-state index in [1.165, 1.54) is 19.1 Å². The molecule has 0 aliphatic heterocycles. The zero-order valence-corrected chi connectivity index (χ0v) is 15.5. The van der Waals surface area contributed by atoms with Gasteiger partial charge in [0.15, 0.2) is 5.54 Å². The highest BCUT2D eigenvalue weighted by Crippen LogP contribution is 2.22. The van der Waals surface area contributed by atoms with Gasteiger partial charge in [-0.05, 0) is 37.5 Å². The van der Waals surface area contributed by atoms with Crippen LogP contribution in [-0.4, -0.2) is 40.9 Å². The Hall–Kier alpha value is -2.44. The Labute approximate surface area is 153 Å². The molecule has 0 radical (unpaired) electrons. The Morgan fingerprint density at radius 1 is 1.08 bits per heavy atom. The van der Waals surface area contributed by atoms with Crippen molar-refractivity contribution in [2.75, 3.05) is 13.1 Å². The van der Waals surface area contributed by atoms with Gasteiger partial charge >= 0.3 is 5.97 Å². The van der Waals surface area contributed by atoms with Crippen LogP contribution < -0.4 is 5.32 Å². The minimum absolute atomic E-state index is 0.0188. The average molecular weight is 366 g/mol. The summed E-state index contributed by atoms with van der Waals surface area (Å²) in [5, 5.41) is 12.0. The van der Waals surface area contributed by atoms with E-state index in [0.717, 1.165) is 25.0 Å². The zero-order chi connectivity index (χ0) is 19.7. The van der Waals surface area contributed by atoms with Gasteiger partial charge in [-0.25, -0.2) is 9.18 Å². The second-order valence-electron chi connectivity index (χ2n) is 6.37. The maximum absolute atomic E-state index is 13.1. The monoisotopic (exact) mass is 366 g/mol. The minimum atomic E-state index is -1.69. The van der Waals surface area contributed by atoms with Crippen LogP contribution in [0.1, 0.15) is 52.0 Å². The van der Waals surface area contributed by atoms with E-state index in [1.54, 1.807) is 4.90 Å². The maximum Gasteiger partial charge on any atom is 0.333 e. The van der Waals surface area contributed by atoms with E-state index >= 15 is 0 Å². The molecule has 0 aliphatic carbocycles. The van der Waals surface area contributed by atoms with Gasteiger partial charge in [0, 0.05) is 25.9 Å². The van der Waals surface area contributed by atoms with Crippen LogP contribution in [0.4, 0.5) is 4.39 Å². The van der Waals surface area contributed by atoms with Crippen molar-refractivity contribution >= 4 is 17.8 Å². The summed E-state index contributed by atoms with van der Waals surface area (Å²) in [5.74, 6) is -2.42. The normalized spacial score (nSPS) is 12.9. The third kappa shape index (κ3) is 5.82. The minimum Gasteiger partial charge on any atom is -0.479 e. The molecule has 1 rings (SSSR count). The van der Waals surface area contributed by atoms with Gasteiger partial charge in [0.1, 0.15) is 5.82 Å². The molecule has 0 bridgehead atoms. The average Bonchev–Trinajstić information content (AvgIpc) is 2.59. The van der Waals surface area contributed by atoms with E-state index in [0.29, 0.717) is 13.1 Å². The maximum atomic E-state index is 13.1.